The van der Waals surface area contributed by atoms with Gasteiger partial charge in [-0.3, -0.25) is 4.79 Å². The average Bonchev–Trinajstić information content (AvgIpc) is 2.19. The fourth-order valence-electron chi connectivity index (χ4n) is 1.02. The molecule has 0 bridgehead atoms. The van der Waals surface area contributed by atoms with Crippen LogP contribution in [0.4, 0.5) is 5.82 Å². The van der Waals surface area contributed by atoms with Gasteiger partial charge >= 0.3 is 0 Å². The standard InChI is InChI=1S/C9H10N4O/c10-2-1-8(11)6-3-7(5-14)9(12)13-4-6/h3-5,8H,1,11H2,(H2,12,13)/t8-/m0/s1. The molecule has 0 aliphatic rings. The molecule has 5 nitrogen and oxygen atoms in total. The van der Waals surface area contributed by atoms with Gasteiger partial charge < -0.3 is 11.5 Å². The molecular formula is C9H10N4O. The molecule has 72 valence electrons. The van der Waals surface area contributed by atoms with Gasteiger partial charge in [0.05, 0.1) is 18.1 Å². The Bertz CT molecular complexity index is 383. The molecule has 1 heterocycles. The second kappa shape index (κ2) is 4.35. The summed E-state index contributed by atoms with van der Waals surface area (Å²) >= 11 is 0. The van der Waals surface area contributed by atoms with Gasteiger partial charge in [-0.25, -0.2) is 4.98 Å². The second-order valence-electron chi connectivity index (χ2n) is 2.83. The van der Waals surface area contributed by atoms with Gasteiger partial charge in [0.2, 0.25) is 0 Å². The second-order valence-corrected chi connectivity index (χ2v) is 2.83. The number of anilines is 1. The van der Waals surface area contributed by atoms with Gasteiger partial charge in [-0.1, -0.05) is 0 Å². The van der Waals surface area contributed by atoms with Crippen molar-refractivity contribution >= 4 is 12.1 Å². The molecule has 4 N–H and O–H groups in total. The van der Waals surface area contributed by atoms with E-state index in [1.54, 1.807) is 6.07 Å². The van der Waals surface area contributed by atoms with Crippen molar-refractivity contribution in [3.05, 3.63) is 23.4 Å². The predicted octanol–water partition coefficient (Wildman–Crippen LogP) is 0.390. The summed E-state index contributed by atoms with van der Waals surface area (Å²) in [4.78, 5) is 14.3. The molecule has 0 unspecified atom stereocenters. The summed E-state index contributed by atoms with van der Waals surface area (Å²) in [5.41, 5.74) is 12.0. The normalized spacial score (nSPS) is 11.7. The maximum absolute atomic E-state index is 10.5. The molecular weight excluding hydrogens is 180 g/mol. The molecule has 1 atom stereocenters. The van der Waals surface area contributed by atoms with Gasteiger partial charge in [0.1, 0.15) is 5.82 Å². The summed E-state index contributed by atoms with van der Waals surface area (Å²) < 4.78 is 0. The number of hydrogen-bond donors (Lipinski definition) is 2. The number of carbonyl (C=O) groups excluding carboxylic acids is 1. The van der Waals surface area contributed by atoms with Crippen LogP contribution in [0.3, 0.4) is 0 Å². The highest BCUT2D eigenvalue weighted by molar-refractivity contribution is 5.81. The maximum atomic E-state index is 10.5. The minimum Gasteiger partial charge on any atom is -0.383 e. The highest BCUT2D eigenvalue weighted by Crippen LogP contribution is 2.16. The lowest BCUT2D eigenvalue weighted by atomic mass is 10.1. The maximum Gasteiger partial charge on any atom is 0.153 e. The van der Waals surface area contributed by atoms with Gasteiger partial charge in [0.25, 0.3) is 0 Å². The summed E-state index contributed by atoms with van der Waals surface area (Å²) in [6, 6.07) is 3.07. The number of aldehydes is 1. The molecule has 1 aromatic rings. The Morgan fingerprint density at radius 3 is 3.00 bits per heavy atom. The molecule has 0 radical (unpaired) electrons. The predicted molar refractivity (Wildman–Crippen MR) is 51.2 cm³/mol. The lowest BCUT2D eigenvalue weighted by molar-refractivity contribution is 0.112. The molecule has 1 aromatic heterocycles. The Balaban J connectivity index is 3.01. The zero-order chi connectivity index (χ0) is 10.6. The number of aromatic nitrogens is 1. The number of nitrogens with zero attached hydrogens (tertiary/aromatic N) is 2. The van der Waals surface area contributed by atoms with Crippen molar-refractivity contribution in [1.29, 1.82) is 5.26 Å². The van der Waals surface area contributed by atoms with Crippen molar-refractivity contribution in [2.45, 2.75) is 12.5 Å². The molecule has 5 heteroatoms. The third-order valence-corrected chi connectivity index (χ3v) is 1.84. The van der Waals surface area contributed by atoms with Crippen LogP contribution in [0.25, 0.3) is 0 Å². The smallest absolute Gasteiger partial charge is 0.153 e. The first-order chi connectivity index (χ1) is 6.69. The molecule has 0 fully saturated rings. The number of nitrogens with two attached hydrogens (primary N) is 2. The van der Waals surface area contributed by atoms with E-state index in [2.05, 4.69) is 4.98 Å². The van der Waals surface area contributed by atoms with Crippen molar-refractivity contribution < 1.29 is 4.79 Å². The van der Waals surface area contributed by atoms with Crippen LogP contribution in [0.2, 0.25) is 0 Å². The van der Waals surface area contributed by atoms with Gasteiger partial charge in [-0.05, 0) is 11.6 Å². The van der Waals surface area contributed by atoms with Crippen LogP contribution >= 0.6 is 0 Å². The van der Waals surface area contributed by atoms with E-state index in [9.17, 15) is 4.79 Å². The van der Waals surface area contributed by atoms with Crippen LogP contribution in [-0.4, -0.2) is 11.3 Å². The zero-order valence-electron chi connectivity index (χ0n) is 7.47. The van der Waals surface area contributed by atoms with Crippen molar-refractivity contribution in [2.75, 3.05) is 5.73 Å². The van der Waals surface area contributed by atoms with E-state index in [0.717, 1.165) is 0 Å². The lowest BCUT2D eigenvalue weighted by Crippen LogP contribution is -2.11. The van der Waals surface area contributed by atoms with Gasteiger partial charge in [0, 0.05) is 12.2 Å². The van der Waals surface area contributed by atoms with E-state index in [4.69, 9.17) is 16.7 Å². The van der Waals surface area contributed by atoms with Crippen LogP contribution in [0.5, 0.6) is 0 Å². The third kappa shape index (κ3) is 2.06. The van der Waals surface area contributed by atoms with Crippen LogP contribution in [-0.2, 0) is 0 Å². The Morgan fingerprint density at radius 2 is 2.43 bits per heavy atom. The zero-order valence-corrected chi connectivity index (χ0v) is 7.47. The van der Waals surface area contributed by atoms with Gasteiger partial charge in [-0.2, -0.15) is 5.26 Å². The van der Waals surface area contributed by atoms with Crippen molar-refractivity contribution in [3.63, 3.8) is 0 Å². The van der Waals surface area contributed by atoms with Crippen LogP contribution in [0.1, 0.15) is 28.4 Å². The largest absolute Gasteiger partial charge is 0.383 e. The number of carbonyl (C=O) groups is 1. The Morgan fingerprint density at radius 1 is 1.71 bits per heavy atom. The Labute approximate surface area is 81.3 Å². The quantitative estimate of drug-likeness (QED) is 0.670. The number of nitrogen functional groups attached to an aromatic ring is 1. The topological polar surface area (TPSA) is 106 Å². The molecule has 0 aliphatic carbocycles. The van der Waals surface area contributed by atoms with Crippen molar-refractivity contribution in [1.82, 2.24) is 4.98 Å². The lowest BCUT2D eigenvalue weighted by Gasteiger charge is -2.08. The summed E-state index contributed by atoms with van der Waals surface area (Å²) in [5, 5.41) is 8.43. The molecule has 0 aromatic carbocycles. The summed E-state index contributed by atoms with van der Waals surface area (Å²) in [6.07, 6.45) is 2.28. The minimum atomic E-state index is -0.424. The molecule has 0 saturated heterocycles. The highest BCUT2D eigenvalue weighted by Gasteiger charge is 2.08. The van der Waals surface area contributed by atoms with Crippen molar-refractivity contribution in [2.24, 2.45) is 5.73 Å². The number of nitriles is 1. The van der Waals surface area contributed by atoms with Gasteiger partial charge in [-0.15, -0.1) is 0 Å². The summed E-state index contributed by atoms with van der Waals surface area (Å²) in [6.45, 7) is 0. The van der Waals surface area contributed by atoms with Crippen LogP contribution in [0.15, 0.2) is 12.3 Å². The summed E-state index contributed by atoms with van der Waals surface area (Å²) in [5.74, 6) is 0.174. The fraction of sp³-hybridized carbons (Fsp3) is 0.222. The van der Waals surface area contributed by atoms with E-state index in [0.29, 0.717) is 17.4 Å². The Hall–Kier alpha value is -1.93. The first kappa shape index (κ1) is 10.2. The highest BCUT2D eigenvalue weighted by atomic mass is 16.1. The Kier molecular flexibility index (Phi) is 3.15. The van der Waals surface area contributed by atoms with Gasteiger partial charge in [0.15, 0.2) is 6.29 Å². The molecule has 0 saturated carbocycles. The van der Waals surface area contributed by atoms with Crippen LogP contribution in [0, 0.1) is 11.3 Å². The van der Waals surface area contributed by atoms with Crippen LogP contribution < -0.4 is 11.5 Å². The third-order valence-electron chi connectivity index (χ3n) is 1.84. The molecule has 1 rings (SSSR count). The number of hydrogen-bond acceptors (Lipinski definition) is 5. The first-order valence-corrected chi connectivity index (χ1v) is 4.02. The van der Waals surface area contributed by atoms with Crippen molar-refractivity contribution in [3.8, 4) is 6.07 Å². The number of pyridine rings is 1. The monoisotopic (exact) mass is 190 g/mol. The van der Waals surface area contributed by atoms with E-state index in [1.807, 2.05) is 6.07 Å². The molecule has 0 aliphatic heterocycles. The fourth-order valence-corrected chi connectivity index (χ4v) is 1.02. The SMILES string of the molecule is N#CC[C@H](N)c1cnc(N)c(C=O)c1. The number of rotatable bonds is 3. The van der Waals surface area contributed by atoms with E-state index < -0.39 is 6.04 Å². The van der Waals surface area contributed by atoms with E-state index in [-0.39, 0.29) is 12.2 Å². The minimum absolute atomic E-state index is 0.174. The molecule has 14 heavy (non-hydrogen) atoms. The van der Waals surface area contributed by atoms with E-state index >= 15 is 0 Å². The summed E-state index contributed by atoms with van der Waals surface area (Å²) in [7, 11) is 0. The first-order valence-electron chi connectivity index (χ1n) is 4.02. The molecule has 0 amide bonds. The van der Waals surface area contributed by atoms with E-state index in [1.165, 1.54) is 6.20 Å². The average molecular weight is 190 g/mol. The molecule has 0 spiro atoms.